The first-order valence-electron chi connectivity index (χ1n) is 6.42. The van der Waals surface area contributed by atoms with E-state index in [2.05, 4.69) is 26.2 Å². The van der Waals surface area contributed by atoms with Crippen LogP contribution in [0.5, 0.6) is 0 Å². The summed E-state index contributed by atoms with van der Waals surface area (Å²) >= 11 is 3.27. The van der Waals surface area contributed by atoms with E-state index in [9.17, 15) is 14.0 Å². The number of aromatic nitrogens is 1. The highest BCUT2D eigenvalue weighted by molar-refractivity contribution is 9.10. The van der Waals surface area contributed by atoms with Crippen LogP contribution in [0.3, 0.4) is 0 Å². The predicted octanol–water partition coefficient (Wildman–Crippen LogP) is 1.81. The largest absolute Gasteiger partial charge is 0.368 e. The van der Waals surface area contributed by atoms with Gasteiger partial charge in [-0.3, -0.25) is 9.59 Å². The van der Waals surface area contributed by atoms with Crippen molar-refractivity contribution in [3.05, 3.63) is 64.1 Å². The number of hydrogen-bond acceptors (Lipinski definition) is 3. The quantitative estimate of drug-likeness (QED) is 0.792. The van der Waals surface area contributed by atoms with E-state index in [-0.39, 0.29) is 12.0 Å². The molecule has 0 saturated heterocycles. The SMILES string of the molecule is NC(=O)[C@@H](Cc1cccnc1Br)NC(=O)c1cccc(F)c1. The second kappa shape index (κ2) is 7.13. The molecule has 114 valence electrons. The minimum Gasteiger partial charge on any atom is -0.368 e. The van der Waals surface area contributed by atoms with E-state index in [1.165, 1.54) is 18.2 Å². The van der Waals surface area contributed by atoms with E-state index in [0.717, 1.165) is 11.6 Å². The van der Waals surface area contributed by atoms with Crippen LogP contribution in [0.2, 0.25) is 0 Å². The molecule has 0 bridgehead atoms. The van der Waals surface area contributed by atoms with Crippen LogP contribution in [0.4, 0.5) is 4.39 Å². The molecular weight excluding hydrogens is 353 g/mol. The Kier molecular flexibility index (Phi) is 5.21. The number of carbonyl (C=O) groups excluding carboxylic acids is 2. The number of amides is 2. The number of hydrogen-bond donors (Lipinski definition) is 2. The molecule has 2 aromatic rings. The number of rotatable bonds is 5. The van der Waals surface area contributed by atoms with Gasteiger partial charge in [-0.15, -0.1) is 0 Å². The van der Waals surface area contributed by atoms with Gasteiger partial charge in [0.15, 0.2) is 0 Å². The Morgan fingerprint density at radius 2 is 2.09 bits per heavy atom. The zero-order valence-corrected chi connectivity index (χ0v) is 13.0. The van der Waals surface area contributed by atoms with E-state index in [1.54, 1.807) is 18.3 Å². The highest BCUT2D eigenvalue weighted by Crippen LogP contribution is 2.15. The van der Waals surface area contributed by atoms with Crippen LogP contribution in [-0.2, 0) is 11.2 Å². The first kappa shape index (κ1) is 16.1. The molecule has 0 spiro atoms. The van der Waals surface area contributed by atoms with Crippen molar-refractivity contribution in [2.45, 2.75) is 12.5 Å². The van der Waals surface area contributed by atoms with E-state index in [1.807, 2.05) is 0 Å². The van der Waals surface area contributed by atoms with Crippen molar-refractivity contribution in [2.24, 2.45) is 5.73 Å². The van der Waals surface area contributed by atoms with Crippen molar-refractivity contribution in [3.8, 4) is 0 Å². The fourth-order valence-electron chi connectivity index (χ4n) is 1.89. The number of benzene rings is 1. The molecule has 0 aliphatic heterocycles. The number of pyridine rings is 1. The third-order valence-electron chi connectivity index (χ3n) is 3.00. The van der Waals surface area contributed by atoms with Crippen molar-refractivity contribution in [1.82, 2.24) is 10.3 Å². The summed E-state index contributed by atoms with van der Waals surface area (Å²) < 4.78 is 13.7. The molecule has 0 fully saturated rings. The highest BCUT2D eigenvalue weighted by atomic mass is 79.9. The second-order valence-corrected chi connectivity index (χ2v) is 5.35. The van der Waals surface area contributed by atoms with Crippen LogP contribution in [-0.4, -0.2) is 22.8 Å². The molecule has 1 aromatic carbocycles. The lowest BCUT2D eigenvalue weighted by molar-refractivity contribution is -0.119. The minimum atomic E-state index is -0.920. The number of halogens is 2. The third kappa shape index (κ3) is 4.11. The summed E-state index contributed by atoms with van der Waals surface area (Å²) in [6, 6.07) is 7.75. The van der Waals surface area contributed by atoms with Gasteiger partial charge in [0.1, 0.15) is 16.5 Å². The molecule has 2 amide bonds. The van der Waals surface area contributed by atoms with E-state index < -0.39 is 23.7 Å². The van der Waals surface area contributed by atoms with Crippen molar-refractivity contribution < 1.29 is 14.0 Å². The second-order valence-electron chi connectivity index (χ2n) is 4.60. The normalized spacial score (nSPS) is 11.7. The molecule has 2 rings (SSSR count). The summed E-state index contributed by atoms with van der Waals surface area (Å²) in [5.74, 6) is -1.78. The van der Waals surface area contributed by atoms with Crippen LogP contribution in [0.1, 0.15) is 15.9 Å². The molecule has 1 aromatic heterocycles. The molecule has 1 heterocycles. The minimum absolute atomic E-state index is 0.122. The van der Waals surface area contributed by atoms with Gasteiger partial charge in [-0.1, -0.05) is 12.1 Å². The van der Waals surface area contributed by atoms with E-state index >= 15 is 0 Å². The number of primary amides is 1. The van der Waals surface area contributed by atoms with Crippen molar-refractivity contribution >= 4 is 27.7 Å². The Morgan fingerprint density at radius 3 is 2.73 bits per heavy atom. The van der Waals surface area contributed by atoms with Gasteiger partial charge in [0.2, 0.25) is 5.91 Å². The summed E-state index contributed by atoms with van der Waals surface area (Å²) in [6.07, 6.45) is 1.78. The molecule has 3 N–H and O–H groups in total. The highest BCUT2D eigenvalue weighted by Gasteiger charge is 2.20. The van der Waals surface area contributed by atoms with Gasteiger partial charge in [-0.05, 0) is 45.8 Å². The zero-order chi connectivity index (χ0) is 16.1. The molecule has 0 radical (unpaired) electrons. The predicted molar refractivity (Wildman–Crippen MR) is 82.5 cm³/mol. The molecule has 0 saturated carbocycles. The maximum Gasteiger partial charge on any atom is 0.252 e. The van der Waals surface area contributed by atoms with Gasteiger partial charge in [-0.2, -0.15) is 0 Å². The first-order valence-corrected chi connectivity index (χ1v) is 7.22. The summed E-state index contributed by atoms with van der Waals surface area (Å²) in [5, 5.41) is 2.51. The van der Waals surface area contributed by atoms with Gasteiger partial charge >= 0.3 is 0 Å². The van der Waals surface area contributed by atoms with Gasteiger partial charge in [-0.25, -0.2) is 9.37 Å². The average Bonchev–Trinajstić information content (AvgIpc) is 2.48. The first-order chi connectivity index (χ1) is 10.5. The standard InChI is InChI=1S/C15H13BrFN3O2/c16-13-9(4-2-6-19-13)8-12(14(18)21)20-15(22)10-3-1-5-11(17)7-10/h1-7,12H,8H2,(H2,18,21)(H,20,22)/t12-/m1/s1. The molecule has 7 heteroatoms. The molecule has 1 atom stereocenters. The van der Waals surface area contributed by atoms with Crippen molar-refractivity contribution in [2.75, 3.05) is 0 Å². The molecular formula is C15H13BrFN3O2. The van der Waals surface area contributed by atoms with E-state index in [4.69, 9.17) is 5.73 Å². The van der Waals surface area contributed by atoms with Gasteiger partial charge in [0.25, 0.3) is 5.91 Å². The Labute approximate surface area is 134 Å². The smallest absolute Gasteiger partial charge is 0.252 e. The number of carbonyl (C=O) groups is 2. The fraction of sp³-hybridized carbons (Fsp3) is 0.133. The Bertz CT molecular complexity index is 709. The Balaban J connectivity index is 2.14. The monoisotopic (exact) mass is 365 g/mol. The lowest BCUT2D eigenvalue weighted by atomic mass is 10.1. The summed E-state index contributed by atoms with van der Waals surface area (Å²) in [4.78, 5) is 27.7. The van der Waals surface area contributed by atoms with E-state index in [0.29, 0.717) is 4.60 Å². The molecule has 0 aliphatic rings. The van der Waals surface area contributed by atoms with Crippen LogP contribution >= 0.6 is 15.9 Å². The van der Waals surface area contributed by atoms with Crippen LogP contribution < -0.4 is 11.1 Å². The summed E-state index contributed by atoms with van der Waals surface area (Å²) in [6.45, 7) is 0. The topological polar surface area (TPSA) is 85.1 Å². The lowest BCUT2D eigenvalue weighted by Crippen LogP contribution is -2.46. The van der Waals surface area contributed by atoms with Crippen LogP contribution in [0.15, 0.2) is 47.2 Å². The summed E-state index contributed by atoms with van der Waals surface area (Å²) in [5.41, 5.74) is 6.18. The third-order valence-corrected chi connectivity index (χ3v) is 3.71. The number of nitrogens with two attached hydrogens (primary N) is 1. The lowest BCUT2D eigenvalue weighted by Gasteiger charge is -2.16. The summed E-state index contributed by atoms with van der Waals surface area (Å²) in [7, 11) is 0. The molecule has 0 unspecified atom stereocenters. The number of nitrogens with zero attached hydrogens (tertiary/aromatic N) is 1. The van der Waals surface area contributed by atoms with Gasteiger partial charge < -0.3 is 11.1 Å². The molecule has 0 aliphatic carbocycles. The van der Waals surface area contributed by atoms with Gasteiger partial charge in [0.05, 0.1) is 0 Å². The number of nitrogens with one attached hydrogen (secondary N) is 1. The van der Waals surface area contributed by atoms with Crippen LogP contribution in [0, 0.1) is 5.82 Å². The van der Waals surface area contributed by atoms with Gasteiger partial charge in [0, 0.05) is 18.2 Å². The van der Waals surface area contributed by atoms with Crippen LogP contribution in [0.25, 0.3) is 0 Å². The van der Waals surface area contributed by atoms with Crippen molar-refractivity contribution in [3.63, 3.8) is 0 Å². The Hall–Kier alpha value is -2.28. The van der Waals surface area contributed by atoms with Crippen molar-refractivity contribution in [1.29, 1.82) is 0 Å². The average molecular weight is 366 g/mol. The fourth-order valence-corrected chi connectivity index (χ4v) is 2.30. The maximum absolute atomic E-state index is 13.1. The molecule has 22 heavy (non-hydrogen) atoms. The maximum atomic E-state index is 13.1. The molecule has 5 nitrogen and oxygen atoms in total. The Morgan fingerprint density at radius 1 is 1.32 bits per heavy atom. The zero-order valence-electron chi connectivity index (χ0n) is 11.4.